The molecule has 0 bridgehead atoms. The molecule has 2 unspecified atom stereocenters. The normalized spacial score (nSPS) is 21.9. The van der Waals surface area contributed by atoms with Gasteiger partial charge >= 0.3 is 12.1 Å². The Hall–Kier alpha value is -2.05. The van der Waals surface area contributed by atoms with Crippen molar-refractivity contribution in [3.05, 3.63) is 35.4 Å². The number of carbonyl (C=O) groups excluding carboxylic acids is 1. The third-order valence-electron chi connectivity index (χ3n) is 4.06. The van der Waals surface area contributed by atoms with E-state index in [0.29, 0.717) is 6.42 Å². The quantitative estimate of drug-likeness (QED) is 0.932. The van der Waals surface area contributed by atoms with Gasteiger partial charge in [0.25, 0.3) is 0 Å². The summed E-state index contributed by atoms with van der Waals surface area (Å²) in [6, 6.07) is 4.43. The van der Waals surface area contributed by atoms with Gasteiger partial charge in [-0.2, -0.15) is 13.2 Å². The Morgan fingerprint density at radius 1 is 1.32 bits per heavy atom. The van der Waals surface area contributed by atoms with Crippen molar-refractivity contribution >= 4 is 11.9 Å². The number of nitrogens with zero attached hydrogens (tertiary/aromatic N) is 1. The minimum absolute atomic E-state index is 0.0917. The zero-order valence-electron chi connectivity index (χ0n) is 11.9. The monoisotopic (exact) mass is 315 g/mol. The summed E-state index contributed by atoms with van der Waals surface area (Å²) in [5, 5.41) is 9.04. The van der Waals surface area contributed by atoms with Gasteiger partial charge in [0.15, 0.2) is 0 Å². The van der Waals surface area contributed by atoms with Crippen molar-refractivity contribution in [2.75, 3.05) is 6.54 Å². The summed E-state index contributed by atoms with van der Waals surface area (Å²) in [6.45, 7) is 1.87. The molecule has 4 nitrogen and oxygen atoms in total. The van der Waals surface area contributed by atoms with Crippen LogP contribution in [-0.2, 0) is 22.2 Å². The highest BCUT2D eigenvalue weighted by Crippen LogP contribution is 2.33. The molecule has 1 aromatic carbocycles. The van der Waals surface area contributed by atoms with Crippen molar-refractivity contribution in [1.29, 1.82) is 0 Å². The zero-order valence-corrected chi connectivity index (χ0v) is 11.9. The Morgan fingerprint density at radius 2 is 1.95 bits per heavy atom. The first kappa shape index (κ1) is 16.3. The molecule has 1 saturated heterocycles. The highest BCUT2D eigenvalue weighted by atomic mass is 19.4. The molecule has 1 fully saturated rings. The molecule has 22 heavy (non-hydrogen) atoms. The van der Waals surface area contributed by atoms with Crippen LogP contribution in [0.2, 0.25) is 0 Å². The van der Waals surface area contributed by atoms with E-state index in [0.717, 1.165) is 6.07 Å². The lowest BCUT2D eigenvalue weighted by Gasteiger charge is -2.24. The smallest absolute Gasteiger partial charge is 0.416 e. The molecule has 0 saturated carbocycles. The number of amides is 1. The van der Waals surface area contributed by atoms with Crippen molar-refractivity contribution < 1.29 is 27.9 Å². The van der Waals surface area contributed by atoms with Crippen LogP contribution in [0.25, 0.3) is 0 Å². The molecule has 2 atom stereocenters. The van der Waals surface area contributed by atoms with E-state index in [1.54, 1.807) is 6.92 Å². The van der Waals surface area contributed by atoms with Gasteiger partial charge in [0.2, 0.25) is 5.91 Å². The third kappa shape index (κ3) is 3.23. The van der Waals surface area contributed by atoms with Crippen LogP contribution in [0.4, 0.5) is 13.2 Å². The van der Waals surface area contributed by atoms with Crippen LogP contribution in [-0.4, -0.2) is 34.5 Å². The fourth-order valence-corrected chi connectivity index (χ4v) is 2.84. The lowest BCUT2D eigenvalue weighted by molar-refractivity contribution is -0.143. The zero-order chi connectivity index (χ0) is 16.5. The van der Waals surface area contributed by atoms with Crippen LogP contribution in [0.3, 0.4) is 0 Å². The number of hydrogen-bond donors (Lipinski definition) is 1. The Kier molecular flexibility index (Phi) is 4.44. The summed E-state index contributed by atoms with van der Waals surface area (Å²) in [4.78, 5) is 24.6. The summed E-state index contributed by atoms with van der Waals surface area (Å²) in [6.07, 6.45) is -4.58. The summed E-state index contributed by atoms with van der Waals surface area (Å²) in [5.74, 6) is -2.13. The molecule has 1 aromatic rings. The number of halogens is 3. The Bertz CT molecular complexity index is 586. The van der Waals surface area contributed by atoms with Crippen molar-refractivity contribution in [3.63, 3.8) is 0 Å². The van der Waals surface area contributed by atoms with E-state index in [-0.39, 0.29) is 18.5 Å². The van der Waals surface area contributed by atoms with Gasteiger partial charge in [-0.05, 0) is 25.0 Å². The number of likely N-dealkylation sites (tertiary alicyclic amines) is 1. The number of alkyl halides is 3. The molecule has 2 rings (SSSR count). The largest absolute Gasteiger partial charge is 0.481 e. The number of aliphatic carboxylic acids is 1. The van der Waals surface area contributed by atoms with Gasteiger partial charge in [-0.25, -0.2) is 0 Å². The molecule has 1 amide bonds. The van der Waals surface area contributed by atoms with Gasteiger partial charge in [0.1, 0.15) is 0 Å². The minimum Gasteiger partial charge on any atom is -0.481 e. The van der Waals surface area contributed by atoms with E-state index in [4.69, 9.17) is 5.11 Å². The summed E-state index contributed by atoms with van der Waals surface area (Å²) in [7, 11) is 0. The summed E-state index contributed by atoms with van der Waals surface area (Å²) >= 11 is 0. The molecule has 1 N–H and O–H groups in total. The van der Waals surface area contributed by atoms with E-state index in [2.05, 4.69) is 0 Å². The lowest BCUT2D eigenvalue weighted by atomic mass is 10.0. The Morgan fingerprint density at radius 3 is 2.50 bits per heavy atom. The first-order valence-electron chi connectivity index (χ1n) is 6.89. The topological polar surface area (TPSA) is 57.6 Å². The fraction of sp³-hybridized carbons (Fsp3) is 0.467. The van der Waals surface area contributed by atoms with E-state index < -0.39 is 35.6 Å². The minimum atomic E-state index is -4.52. The van der Waals surface area contributed by atoms with E-state index in [9.17, 15) is 22.8 Å². The van der Waals surface area contributed by atoms with Crippen LogP contribution < -0.4 is 0 Å². The maximum atomic E-state index is 12.9. The number of benzene rings is 1. The molecular weight excluding hydrogens is 299 g/mol. The van der Waals surface area contributed by atoms with Crippen LogP contribution in [0.15, 0.2) is 24.3 Å². The van der Waals surface area contributed by atoms with Crippen LogP contribution in [0.5, 0.6) is 0 Å². The molecule has 1 heterocycles. The Labute approximate surface area is 125 Å². The second kappa shape index (κ2) is 5.98. The SMILES string of the molecule is CC1C(C(=O)O)CCN1C(=O)Cc1ccccc1C(F)(F)F. The van der Waals surface area contributed by atoms with Gasteiger partial charge in [0.05, 0.1) is 17.9 Å². The molecule has 0 aliphatic carbocycles. The summed E-state index contributed by atoms with van der Waals surface area (Å²) in [5.41, 5.74) is -0.920. The molecule has 7 heteroatoms. The van der Waals surface area contributed by atoms with E-state index in [1.165, 1.54) is 23.1 Å². The molecule has 0 aromatic heterocycles. The van der Waals surface area contributed by atoms with Crippen molar-refractivity contribution in [2.24, 2.45) is 5.92 Å². The second-order valence-corrected chi connectivity index (χ2v) is 5.39. The first-order valence-corrected chi connectivity index (χ1v) is 6.89. The average Bonchev–Trinajstić information content (AvgIpc) is 2.80. The van der Waals surface area contributed by atoms with Crippen molar-refractivity contribution in [1.82, 2.24) is 4.90 Å². The van der Waals surface area contributed by atoms with Crippen LogP contribution in [0, 0.1) is 5.92 Å². The highest BCUT2D eigenvalue weighted by molar-refractivity contribution is 5.81. The molecule has 1 aliphatic rings. The number of carboxylic acids is 1. The standard InChI is InChI=1S/C15H16F3NO3/c1-9-11(14(21)22)6-7-19(9)13(20)8-10-4-2-3-5-12(10)15(16,17)18/h2-5,9,11H,6-8H2,1H3,(H,21,22). The number of carboxylic acid groups (broad SMARTS) is 1. The summed E-state index contributed by atoms with van der Waals surface area (Å²) < 4.78 is 38.8. The third-order valence-corrected chi connectivity index (χ3v) is 4.06. The predicted octanol–water partition coefficient (Wildman–Crippen LogP) is 2.57. The molecular formula is C15H16F3NO3. The van der Waals surface area contributed by atoms with E-state index in [1.807, 2.05) is 0 Å². The molecule has 120 valence electrons. The van der Waals surface area contributed by atoms with Gasteiger partial charge in [0, 0.05) is 12.6 Å². The maximum Gasteiger partial charge on any atom is 0.416 e. The molecule has 0 spiro atoms. The molecule has 1 aliphatic heterocycles. The fourth-order valence-electron chi connectivity index (χ4n) is 2.84. The second-order valence-electron chi connectivity index (χ2n) is 5.39. The number of hydrogen-bond acceptors (Lipinski definition) is 2. The van der Waals surface area contributed by atoms with E-state index >= 15 is 0 Å². The van der Waals surface area contributed by atoms with Gasteiger partial charge < -0.3 is 10.0 Å². The maximum absolute atomic E-state index is 12.9. The van der Waals surface area contributed by atoms with Crippen molar-refractivity contribution in [3.8, 4) is 0 Å². The van der Waals surface area contributed by atoms with Crippen LogP contribution >= 0.6 is 0 Å². The van der Waals surface area contributed by atoms with Gasteiger partial charge in [-0.15, -0.1) is 0 Å². The lowest BCUT2D eigenvalue weighted by Crippen LogP contribution is -2.38. The molecule has 0 radical (unpaired) electrons. The Balaban J connectivity index is 2.16. The van der Waals surface area contributed by atoms with Gasteiger partial charge in [-0.3, -0.25) is 9.59 Å². The van der Waals surface area contributed by atoms with Crippen molar-refractivity contribution in [2.45, 2.75) is 32.0 Å². The number of carbonyl (C=O) groups is 2. The average molecular weight is 315 g/mol. The number of rotatable bonds is 3. The van der Waals surface area contributed by atoms with Crippen LogP contribution in [0.1, 0.15) is 24.5 Å². The predicted molar refractivity (Wildman–Crippen MR) is 72.1 cm³/mol. The highest BCUT2D eigenvalue weighted by Gasteiger charge is 2.39. The van der Waals surface area contributed by atoms with Gasteiger partial charge in [-0.1, -0.05) is 18.2 Å². The first-order chi connectivity index (χ1) is 10.2.